The van der Waals surface area contributed by atoms with E-state index >= 15 is 0 Å². The minimum absolute atomic E-state index is 0.00178. The summed E-state index contributed by atoms with van der Waals surface area (Å²) in [6.45, 7) is 9.43. The highest BCUT2D eigenvalue weighted by atomic mass is 16.5. The summed E-state index contributed by atoms with van der Waals surface area (Å²) in [6.07, 6.45) is 1.37. The van der Waals surface area contributed by atoms with Crippen molar-refractivity contribution in [3.8, 4) is 5.75 Å². The van der Waals surface area contributed by atoms with E-state index in [-0.39, 0.29) is 36.0 Å². The lowest BCUT2D eigenvalue weighted by atomic mass is 9.83. The van der Waals surface area contributed by atoms with Gasteiger partial charge in [-0.15, -0.1) is 0 Å². The zero-order valence-corrected chi connectivity index (χ0v) is 25.7. The van der Waals surface area contributed by atoms with Gasteiger partial charge in [-0.1, -0.05) is 39.8 Å². The first-order valence-electron chi connectivity index (χ1n) is 14.2. The fourth-order valence-corrected chi connectivity index (χ4v) is 4.46. The van der Waals surface area contributed by atoms with Gasteiger partial charge in [0.25, 0.3) is 5.91 Å². The lowest BCUT2D eigenvalue weighted by Gasteiger charge is -2.31. The van der Waals surface area contributed by atoms with Crippen LogP contribution in [0.5, 0.6) is 5.75 Å². The average Bonchev–Trinajstić information content (AvgIpc) is 2.91. The molecule has 1 rings (SSSR count). The highest BCUT2D eigenvalue weighted by Gasteiger charge is 2.33. The number of nitrogens with one attached hydrogen (secondary N) is 1. The maximum atomic E-state index is 13.0. The number of urea groups is 1. The number of methoxy groups -OCH3 is 1. The molecule has 0 heterocycles. The van der Waals surface area contributed by atoms with E-state index in [9.17, 15) is 19.5 Å². The van der Waals surface area contributed by atoms with Crippen molar-refractivity contribution in [1.29, 1.82) is 0 Å². The molecule has 40 heavy (non-hydrogen) atoms. The van der Waals surface area contributed by atoms with Gasteiger partial charge in [0.05, 0.1) is 18.3 Å². The number of amides is 4. The third-order valence-electron chi connectivity index (χ3n) is 7.29. The van der Waals surface area contributed by atoms with Crippen LogP contribution in [0.4, 0.5) is 4.79 Å². The molecule has 0 radical (unpaired) electrons. The molecule has 10 heteroatoms. The topological polar surface area (TPSA) is 134 Å². The van der Waals surface area contributed by atoms with Crippen LogP contribution in [-0.2, 0) is 9.53 Å². The van der Waals surface area contributed by atoms with Gasteiger partial charge in [0.2, 0.25) is 5.91 Å². The van der Waals surface area contributed by atoms with E-state index in [1.807, 2.05) is 19.9 Å². The third kappa shape index (κ3) is 11.4. The first-order valence-corrected chi connectivity index (χ1v) is 14.2. The maximum absolute atomic E-state index is 13.0. The Hall–Kier alpha value is -2.69. The summed E-state index contributed by atoms with van der Waals surface area (Å²) in [4.78, 5) is 40.8. The first-order chi connectivity index (χ1) is 18.8. The van der Waals surface area contributed by atoms with Crippen LogP contribution >= 0.6 is 0 Å². The van der Waals surface area contributed by atoms with Crippen molar-refractivity contribution in [2.75, 3.05) is 48.0 Å². The number of hydrogen-bond donors (Lipinski definition) is 3. The van der Waals surface area contributed by atoms with Gasteiger partial charge in [-0.2, -0.15) is 0 Å². The normalized spacial score (nSPS) is 14.4. The Balaban J connectivity index is 2.79. The molecular formula is C30H52N4O6. The molecule has 0 spiro atoms. The van der Waals surface area contributed by atoms with Crippen molar-refractivity contribution >= 4 is 17.8 Å². The van der Waals surface area contributed by atoms with Crippen molar-refractivity contribution in [2.45, 2.75) is 65.5 Å². The van der Waals surface area contributed by atoms with Crippen molar-refractivity contribution in [3.63, 3.8) is 0 Å². The van der Waals surface area contributed by atoms with Gasteiger partial charge in [0, 0.05) is 53.4 Å². The number of nitrogens with two attached hydrogens (primary N) is 1. The van der Waals surface area contributed by atoms with Crippen LogP contribution in [0, 0.1) is 23.7 Å². The van der Waals surface area contributed by atoms with Gasteiger partial charge in [0.15, 0.2) is 0 Å². The molecule has 4 N–H and O–H groups in total. The summed E-state index contributed by atoms with van der Waals surface area (Å²) in [5.41, 5.74) is 6.90. The van der Waals surface area contributed by atoms with Crippen LogP contribution in [0.1, 0.15) is 63.7 Å². The van der Waals surface area contributed by atoms with Crippen molar-refractivity contribution in [2.24, 2.45) is 29.4 Å². The molecule has 0 saturated heterocycles. The Morgan fingerprint density at radius 1 is 0.975 bits per heavy atom. The number of aliphatic hydroxyl groups excluding tert-OH is 1. The fraction of sp³-hybridized carbons (Fsp3) is 0.700. The SMILES string of the molecule is COCCCCOc1ccccc1C(=O)NC[C@H](C[C@H](N)[C@@H](O)C[C@@H](C(=O)N(C)C(=O)N(C)C)C(C)C)C(C)C. The molecule has 0 aromatic heterocycles. The molecule has 1 aromatic rings. The summed E-state index contributed by atoms with van der Waals surface area (Å²) < 4.78 is 10.9. The van der Waals surface area contributed by atoms with Gasteiger partial charge < -0.3 is 30.5 Å². The average molecular weight is 565 g/mol. The second-order valence-electron chi connectivity index (χ2n) is 11.4. The van der Waals surface area contributed by atoms with E-state index in [2.05, 4.69) is 19.2 Å². The number of imide groups is 1. The van der Waals surface area contributed by atoms with Crippen LogP contribution < -0.4 is 15.8 Å². The number of rotatable bonds is 17. The lowest BCUT2D eigenvalue weighted by molar-refractivity contribution is -0.134. The van der Waals surface area contributed by atoms with Crippen LogP contribution in [0.15, 0.2) is 24.3 Å². The van der Waals surface area contributed by atoms with Crippen molar-refractivity contribution in [3.05, 3.63) is 29.8 Å². The Morgan fingerprint density at radius 3 is 2.17 bits per heavy atom. The number of carbonyl (C=O) groups excluding carboxylic acids is 3. The Kier molecular flexibility index (Phi) is 15.8. The Morgan fingerprint density at radius 2 is 1.60 bits per heavy atom. The van der Waals surface area contributed by atoms with Crippen LogP contribution in [0.25, 0.3) is 0 Å². The predicted molar refractivity (Wildman–Crippen MR) is 157 cm³/mol. The third-order valence-corrected chi connectivity index (χ3v) is 7.29. The van der Waals surface area contributed by atoms with Crippen LogP contribution in [0.3, 0.4) is 0 Å². The molecule has 0 aliphatic heterocycles. The number of unbranched alkanes of at least 4 members (excludes halogenated alkanes) is 1. The molecule has 0 fully saturated rings. The van der Waals surface area contributed by atoms with Gasteiger partial charge >= 0.3 is 6.03 Å². The van der Waals surface area contributed by atoms with Crippen LogP contribution in [-0.4, -0.2) is 92.9 Å². The summed E-state index contributed by atoms with van der Waals surface area (Å²) in [5.74, 6) is -0.488. The highest BCUT2D eigenvalue weighted by Crippen LogP contribution is 2.25. The molecule has 0 bridgehead atoms. The standard InChI is InChI=1S/C30H52N4O6/c1-20(2)22(19-32-28(36)23-13-9-10-14-27(23)40-16-12-11-15-39-8)17-25(31)26(35)18-24(21(3)4)29(37)34(7)30(38)33(5)6/h9-10,13-14,20-22,24-26,35H,11-12,15-19,31H2,1-8H3,(H,32,36)/t22-,24+,25-,26-/m0/s1. The number of ether oxygens (including phenoxy) is 2. The van der Waals surface area contributed by atoms with Gasteiger partial charge in [-0.25, -0.2) is 4.79 Å². The quantitative estimate of drug-likeness (QED) is 0.247. The Labute approximate surface area is 240 Å². The van der Waals surface area contributed by atoms with Gasteiger partial charge in [-0.3, -0.25) is 14.5 Å². The summed E-state index contributed by atoms with van der Waals surface area (Å²) in [7, 11) is 6.29. The number of aliphatic hydroxyl groups is 1. The van der Waals surface area contributed by atoms with E-state index in [4.69, 9.17) is 15.2 Å². The number of para-hydroxylation sites is 1. The molecule has 0 saturated carbocycles. The highest BCUT2D eigenvalue weighted by molar-refractivity contribution is 5.97. The maximum Gasteiger partial charge on any atom is 0.325 e. The second-order valence-corrected chi connectivity index (χ2v) is 11.4. The zero-order valence-electron chi connectivity index (χ0n) is 25.7. The minimum Gasteiger partial charge on any atom is -0.493 e. The van der Waals surface area contributed by atoms with E-state index in [0.29, 0.717) is 37.5 Å². The van der Waals surface area contributed by atoms with E-state index < -0.39 is 24.1 Å². The summed E-state index contributed by atoms with van der Waals surface area (Å²) in [5, 5.41) is 14.0. The Bertz CT molecular complexity index is 923. The number of carbonyl (C=O) groups is 3. The van der Waals surface area contributed by atoms with Crippen molar-refractivity contribution < 1.29 is 29.0 Å². The van der Waals surface area contributed by atoms with Crippen molar-refractivity contribution in [1.82, 2.24) is 15.1 Å². The van der Waals surface area contributed by atoms with Gasteiger partial charge in [-0.05, 0) is 55.6 Å². The monoisotopic (exact) mass is 564 g/mol. The molecule has 4 amide bonds. The molecule has 0 unspecified atom stereocenters. The smallest absolute Gasteiger partial charge is 0.325 e. The van der Waals surface area contributed by atoms with E-state index in [1.54, 1.807) is 39.4 Å². The molecule has 228 valence electrons. The first kappa shape index (κ1) is 35.3. The molecule has 0 aliphatic rings. The summed E-state index contributed by atoms with van der Waals surface area (Å²) >= 11 is 0. The zero-order chi connectivity index (χ0) is 30.4. The largest absolute Gasteiger partial charge is 0.493 e. The second kappa shape index (κ2) is 17.9. The molecule has 0 aliphatic carbocycles. The predicted octanol–water partition coefficient (Wildman–Crippen LogP) is 3.37. The molecule has 1 aromatic carbocycles. The number of benzene rings is 1. The number of nitrogens with zero attached hydrogens (tertiary/aromatic N) is 2. The van der Waals surface area contributed by atoms with Crippen LogP contribution in [0.2, 0.25) is 0 Å². The molecular weight excluding hydrogens is 512 g/mol. The molecule has 10 nitrogen and oxygen atoms in total. The van der Waals surface area contributed by atoms with Gasteiger partial charge in [0.1, 0.15) is 5.75 Å². The van der Waals surface area contributed by atoms with E-state index in [1.165, 1.54) is 11.9 Å². The number of hydrogen-bond acceptors (Lipinski definition) is 7. The molecule has 4 atom stereocenters. The summed E-state index contributed by atoms with van der Waals surface area (Å²) in [6, 6.07) is 6.14. The van der Waals surface area contributed by atoms with E-state index in [0.717, 1.165) is 17.7 Å². The lowest BCUT2D eigenvalue weighted by Crippen LogP contribution is -2.47. The fourth-order valence-electron chi connectivity index (χ4n) is 4.46. The minimum atomic E-state index is -0.941.